The Bertz CT molecular complexity index is 1380. The van der Waals surface area contributed by atoms with Gasteiger partial charge in [-0.15, -0.1) is 10.2 Å². The molecule has 0 spiro atoms. The van der Waals surface area contributed by atoms with E-state index in [-0.39, 0.29) is 11.7 Å². The highest BCUT2D eigenvalue weighted by Crippen LogP contribution is 2.33. The molecule has 0 aliphatic heterocycles. The van der Waals surface area contributed by atoms with Crippen molar-refractivity contribution in [1.29, 1.82) is 0 Å². The van der Waals surface area contributed by atoms with Crippen molar-refractivity contribution in [3.63, 3.8) is 0 Å². The minimum atomic E-state index is -0.0957. The van der Waals surface area contributed by atoms with Gasteiger partial charge in [0.25, 0.3) is 0 Å². The number of ether oxygens (including phenoxy) is 1. The van der Waals surface area contributed by atoms with Gasteiger partial charge in [0.1, 0.15) is 5.75 Å². The molecule has 8 heteroatoms. The molecule has 1 amide bonds. The first-order chi connectivity index (χ1) is 18.8. The Morgan fingerprint density at radius 1 is 0.974 bits per heavy atom. The highest BCUT2D eigenvalue weighted by atomic mass is 32.2. The van der Waals surface area contributed by atoms with Crippen molar-refractivity contribution < 1.29 is 9.53 Å². The lowest BCUT2D eigenvalue weighted by atomic mass is 10.0. The number of para-hydroxylation sites is 1. The summed E-state index contributed by atoms with van der Waals surface area (Å²) in [6, 6.07) is 24.4. The molecule has 0 unspecified atom stereocenters. The van der Waals surface area contributed by atoms with Gasteiger partial charge in [-0.3, -0.25) is 9.36 Å². The third kappa shape index (κ3) is 6.63. The summed E-state index contributed by atoms with van der Waals surface area (Å²) in [7, 11) is 1.65. The average Bonchev–Trinajstić information content (AvgIpc) is 3.37. The summed E-state index contributed by atoms with van der Waals surface area (Å²) in [5, 5.41) is 12.7. The second-order valence-electron chi connectivity index (χ2n) is 9.85. The van der Waals surface area contributed by atoms with E-state index in [1.54, 1.807) is 7.11 Å². The number of carbonyl (C=O) groups is 1. The van der Waals surface area contributed by atoms with Crippen LogP contribution in [0.2, 0.25) is 0 Å². The predicted molar refractivity (Wildman–Crippen MR) is 161 cm³/mol. The predicted octanol–water partition coefficient (Wildman–Crippen LogP) is 7.03. The number of carbonyl (C=O) groups excluding carboxylic acids is 1. The third-order valence-corrected chi connectivity index (χ3v) is 7.49. The lowest BCUT2D eigenvalue weighted by molar-refractivity contribution is -0.113. The summed E-state index contributed by atoms with van der Waals surface area (Å²) in [4.78, 5) is 15.2. The van der Waals surface area contributed by atoms with Gasteiger partial charge in [0, 0.05) is 29.5 Å². The molecule has 204 valence electrons. The van der Waals surface area contributed by atoms with Crippen LogP contribution in [0.25, 0.3) is 17.1 Å². The highest BCUT2D eigenvalue weighted by molar-refractivity contribution is 7.99. The topological polar surface area (TPSA) is 72.3 Å². The zero-order valence-electron chi connectivity index (χ0n) is 23.5. The molecule has 1 aromatic heterocycles. The molecule has 0 aliphatic rings. The molecule has 0 saturated heterocycles. The Labute approximate surface area is 235 Å². The fourth-order valence-corrected chi connectivity index (χ4v) is 5.34. The van der Waals surface area contributed by atoms with Crippen LogP contribution in [0.5, 0.6) is 5.75 Å². The lowest BCUT2D eigenvalue weighted by Gasteiger charge is -2.27. The Balaban J connectivity index is 1.57. The van der Waals surface area contributed by atoms with Crippen LogP contribution < -0.4 is 15.0 Å². The minimum absolute atomic E-state index is 0.0957. The van der Waals surface area contributed by atoms with Crippen LogP contribution in [-0.2, 0) is 4.79 Å². The number of nitrogens with zero attached hydrogens (tertiary/aromatic N) is 4. The van der Waals surface area contributed by atoms with Gasteiger partial charge in [-0.05, 0) is 86.8 Å². The number of aromatic nitrogens is 3. The Morgan fingerprint density at radius 3 is 2.28 bits per heavy atom. The maximum absolute atomic E-state index is 12.9. The van der Waals surface area contributed by atoms with Gasteiger partial charge in [0.15, 0.2) is 11.0 Å². The molecule has 3 aromatic carbocycles. The van der Waals surface area contributed by atoms with E-state index < -0.39 is 0 Å². The number of anilines is 2. The number of nitrogens with one attached hydrogen (secondary N) is 1. The molecule has 4 aromatic rings. The summed E-state index contributed by atoms with van der Waals surface area (Å²) < 4.78 is 7.38. The number of hydrogen-bond acceptors (Lipinski definition) is 6. The van der Waals surface area contributed by atoms with Crippen LogP contribution in [0.1, 0.15) is 46.1 Å². The van der Waals surface area contributed by atoms with Crippen LogP contribution >= 0.6 is 11.8 Å². The lowest BCUT2D eigenvalue weighted by Crippen LogP contribution is -2.30. The normalized spacial score (nSPS) is 11.2. The molecule has 0 fully saturated rings. The van der Waals surface area contributed by atoms with E-state index in [9.17, 15) is 4.79 Å². The third-order valence-electron chi connectivity index (χ3n) is 6.56. The molecule has 1 N–H and O–H groups in total. The Kier molecular flexibility index (Phi) is 9.30. The number of methoxy groups -OCH3 is 1. The van der Waals surface area contributed by atoms with Crippen LogP contribution in [-0.4, -0.2) is 46.1 Å². The number of benzene rings is 3. The monoisotopic (exact) mass is 543 g/mol. The van der Waals surface area contributed by atoms with Crippen LogP contribution in [0.3, 0.4) is 0 Å². The smallest absolute Gasteiger partial charge is 0.234 e. The largest absolute Gasteiger partial charge is 0.497 e. The van der Waals surface area contributed by atoms with Crippen molar-refractivity contribution in [3.8, 4) is 22.8 Å². The Hall–Kier alpha value is -3.78. The van der Waals surface area contributed by atoms with Gasteiger partial charge in [0.05, 0.1) is 18.6 Å². The zero-order chi connectivity index (χ0) is 27.9. The van der Waals surface area contributed by atoms with Crippen LogP contribution in [0, 0.1) is 0 Å². The maximum Gasteiger partial charge on any atom is 0.234 e. The highest BCUT2D eigenvalue weighted by Gasteiger charge is 2.20. The second kappa shape index (κ2) is 12.8. The molecule has 0 atom stereocenters. The summed E-state index contributed by atoms with van der Waals surface area (Å²) in [5.41, 5.74) is 5.02. The summed E-state index contributed by atoms with van der Waals surface area (Å²) >= 11 is 1.37. The van der Waals surface area contributed by atoms with Gasteiger partial charge in [-0.2, -0.15) is 0 Å². The van der Waals surface area contributed by atoms with Crippen molar-refractivity contribution in [2.45, 2.75) is 51.7 Å². The second-order valence-corrected chi connectivity index (χ2v) is 10.8. The molecular formula is C31H37N5O2S. The minimum Gasteiger partial charge on any atom is -0.497 e. The van der Waals surface area contributed by atoms with Gasteiger partial charge in [0.2, 0.25) is 5.91 Å². The molecular weight excluding hydrogens is 506 g/mol. The van der Waals surface area contributed by atoms with Crippen LogP contribution in [0.15, 0.2) is 78.0 Å². The summed E-state index contributed by atoms with van der Waals surface area (Å²) in [5.74, 6) is 1.91. The molecule has 1 heterocycles. The number of thioether (sulfide) groups is 1. The van der Waals surface area contributed by atoms with Gasteiger partial charge < -0.3 is 15.0 Å². The van der Waals surface area contributed by atoms with E-state index in [2.05, 4.69) is 71.7 Å². The quantitative estimate of drug-likeness (QED) is 0.205. The first-order valence-corrected chi connectivity index (χ1v) is 14.3. The fourth-order valence-electron chi connectivity index (χ4n) is 4.60. The molecule has 0 bridgehead atoms. The van der Waals surface area contributed by atoms with Crippen molar-refractivity contribution in [1.82, 2.24) is 14.8 Å². The SMILES string of the molecule is CCN(c1ccc(NC(=O)CSc2nnc(-c3ccc(OC)cc3)n2-c2ccccc2C(C)C)cc1)C(C)C. The Morgan fingerprint density at radius 2 is 1.67 bits per heavy atom. The van der Waals surface area contributed by atoms with E-state index in [1.165, 1.54) is 17.3 Å². The zero-order valence-corrected chi connectivity index (χ0v) is 24.3. The van der Waals surface area contributed by atoms with E-state index in [1.807, 2.05) is 60.7 Å². The average molecular weight is 544 g/mol. The van der Waals surface area contributed by atoms with Crippen molar-refractivity contribution in [2.75, 3.05) is 29.6 Å². The van der Waals surface area contributed by atoms with Crippen molar-refractivity contribution in [3.05, 3.63) is 78.4 Å². The van der Waals surface area contributed by atoms with Crippen LogP contribution in [0.4, 0.5) is 11.4 Å². The van der Waals surface area contributed by atoms with Gasteiger partial charge >= 0.3 is 0 Å². The summed E-state index contributed by atoms with van der Waals surface area (Å²) in [6.45, 7) is 11.8. The van der Waals surface area contributed by atoms with E-state index >= 15 is 0 Å². The summed E-state index contributed by atoms with van der Waals surface area (Å²) in [6.07, 6.45) is 0. The van der Waals surface area contributed by atoms with Crippen molar-refractivity contribution in [2.24, 2.45) is 0 Å². The molecule has 39 heavy (non-hydrogen) atoms. The van der Waals surface area contributed by atoms with E-state index in [0.29, 0.717) is 17.1 Å². The van der Waals surface area contributed by atoms with E-state index in [4.69, 9.17) is 4.74 Å². The van der Waals surface area contributed by atoms with E-state index in [0.717, 1.165) is 40.7 Å². The standard InChI is InChI=1S/C31H37N5O2S/c1-7-35(22(4)5)25-16-14-24(15-17-25)32-29(37)20-39-31-34-33-30(23-12-18-26(38-6)19-13-23)36(31)28-11-9-8-10-27(28)21(2)3/h8-19,21-22H,7,20H2,1-6H3,(H,32,37). The fraction of sp³-hybridized carbons (Fsp3) is 0.323. The first-order valence-electron chi connectivity index (χ1n) is 13.3. The van der Waals surface area contributed by atoms with Gasteiger partial charge in [-0.25, -0.2) is 0 Å². The number of rotatable bonds is 11. The van der Waals surface area contributed by atoms with Crippen molar-refractivity contribution >= 4 is 29.0 Å². The molecule has 0 aliphatic carbocycles. The number of amides is 1. The molecule has 4 rings (SSSR count). The molecule has 0 saturated carbocycles. The maximum atomic E-state index is 12.9. The first kappa shape index (κ1) is 28.2. The molecule has 0 radical (unpaired) electrons. The van der Waals surface area contributed by atoms with Gasteiger partial charge in [-0.1, -0.05) is 43.8 Å². The number of hydrogen-bond donors (Lipinski definition) is 1. The molecule has 7 nitrogen and oxygen atoms in total.